The van der Waals surface area contributed by atoms with Crippen LogP contribution in [0.5, 0.6) is 0 Å². The van der Waals surface area contributed by atoms with Crippen LogP contribution in [0.3, 0.4) is 0 Å². The highest BCUT2D eigenvalue weighted by Crippen LogP contribution is 2.29. The fourth-order valence-corrected chi connectivity index (χ4v) is 2.38. The van der Waals surface area contributed by atoms with Crippen LogP contribution in [-0.2, 0) is 6.18 Å². The molecule has 0 saturated carbocycles. The minimum absolute atomic E-state index is 0.150. The van der Waals surface area contributed by atoms with Gasteiger partial charge in [-0.05, 0) is 36.8 Å². The molecule has 1 amide bonds. The van der Waals surface area contributed by atoms with Crippen LogP contribution in [0, 0.1) is 0 Å². The molecule has 0 radical (unpaired) electrons. The maximum absolute atomic E-state index is 12.6. The van der Waals surface area contributed by atoms with Gasteiger partial charge in [-0.2, -0.15) is 13.2 Å². The van der Waals surface area contributed by atoms with Gasteiger partial charge < -0.3 is 5.32 Å². The Hall–Kier alpha value is -2.96. The van der Waals surface area contributed by atoms with Crippen molar-refractivity contribution < 1.29 is 18.0 Å². The molecule has 128 valence electrons. The van der Waals surface area contributed by atoms with Crippen molar-refractivity contribution in [3.63, 3.8) is 0 Å². The predicted molar refractivity (Wildman–Crippen MR) is 86.9 cm³/mol. The van der Waals surface area contributed by atoms with Crippen molar-refractivity contribution in [1.29, 1.82) is 0 Å². The van der Waals surface area contributed by atoms with Crippen LogP contribution in [0.4, 0.5) is 13.2 Å². The maximum atomic E-state index is 12.6. The molecular weight excluding hydrogens is 331 g/mol. The van der Waals surface area contributed by atoms with Crippen molar-refractivity contribution in [3.05, 3.63) is 71.5 Å². The number of fused-ring (bicyclic) bond motifs is 1. The second-order valence-corrected chi connectivity index (χ2v) is 5.56. The summed E-state index contributed by atoms with van der Waals surface area (Å²) in [4.78, 5) is 20.7. The summed E-state index contributed by atoms with van der Waals surface area (Å²) in [5.74, 6) is -0.439. The number of alkyl halides is 3. The van der Waals surface area contributed by atoms with E-state index in [1.54, 1.807) is 25.1 Å². The molecule has 1 unspecified atom stereocenters. The lowest BCUT2D eigenvalue weighted by Crippen LogP contribution is -2.27. The maximum Gasteiger partial charge on any atom is 0.416 e. The molecule has 1 atom stereocenters. The first-order valence-electron chi connectivity index (χ1n) is 7.54. The number of rotatable bonds is 3. The Balaban J connectivity index is 1.75. The van der Waals surface area contributed by atoms with Crippen LogP contribution in [-0.4, -0.2) is 15.9 Å². The molecule has 2 aromatic carbocycles. The van der Waals surface area contributed by atoms with Gasteiger partial charge >= 0.3 is 6.18 Å². The quantitative estimate of drug-likeness (QED) is 0.776. The zero-order chi connectivity index (χ0) is 18.0. The number of carbonyl (C=O) groups excluding carboxylic acids is 1. The molecule has 25 heavy (non-hydrogen) atoms. The van der Waals surface area contributed by atoms with E-state index < -0.39 is 23.7 Å². The number of amides is 1. The van der Waals surface area contributed by atoms with E-state index in [-0.39, 0.29) is 5.69 Å². The van der Waals surface area contributed by atoms with Gasteiger partial charge in [0.05, 0.1) is 28.8 Å². The molecule has 4 nitrogen and oxygen atoms in total. The molecule has 1 N–H and O–H groups in total. The van der Waals surface area contributed by atoms with Gasteiger partial charge in [0, 0.05) is 0 Å². The first-order valence-corrected chi connectivity index (χ1v) is 7.54. The number of hydrogen-bond donors (Lipinski definition) is 1. The molecule has 0 bridgehead atoms. The van der Waals surface area contributed by atoms with Crippen LogP contribution in [0.2, 0.25) is 0 Å². The zero-order valence-electron chi connectivity index (χ0n) is 13.2. The minimum atomic E-state index is -4.38. The predicted octanol–water partition coefficient (Wildman–Crippen LogP) is 4.14. The summed E-state index contributed by atoms with van der Waals surface area (Å²) >= 11 is 0. The van der Waals surface area contributed by atoms with Crippen LogP contribution >= 0.6 is 0 Å². The molecule has 0 aliphatic heterocycles. The first kappa shape index (κ1) is 16.9. The second-order valence-electron chi connectivity index (χ2n) is 5.56. The standard InChI is InChI=1S/C18H14F3N3O/c1-11(12-6-8-13(9-7-12)18(19,20)21)23-17(25)16-10-22-14-4-2-3-5-15(14)24-16/h2-11H,1H3,(H,23,25). The highest BCUT2D eigenvalue weighted by molar-refractivity contribution is 5.94. The van der Waals surface area contributed by atoms with Crippen molar-refractivity contribution in [3.8, 4) is 0 Å². The molecule has 0 aliphatic rings. The lowest BCUT2D eigenvalue weighted by Gasteiger charge is -2.15. The van der Waals surface area contributed by atoms with Gasteiger partial charge in [-0.1, -0.05) is 24.3 Å². The van der Waals surface area contributed by atoms with Crippen molar-refractivity contribution in [1.82, 2.24) is 15.3 Å². The Bertz CT molecular complexity index is 907. The monoisotopic (exact) mass is 345 g/mol. The van der Waals surface area contributed by atoms with E-state index in [2.05, 4.69) is 15.3 Å². The molecular formula is C18H14F3N3O. The summed E-state index contributed by atoms with van der Waals surface area (Å²) in [6.45, 7) is 1.69. The van der Waals surface area contributed by atoms with Gasteiger partial charge in [0.1, 0.15) is 5.69 Å². The molecule has 1 aromatic heterocycles. The van der Waals surface area contributed by atoms with Crippen LogP contribution in [0.15, 0.2) is 54.7 Å². The van der Waals surface area contributed by atoms with E-state index >= 15 is 0 Å². The number of nitrogens with zero attached hydrogens (tertiary/aromatic N) is 2. The minimum Gasteiger partial charge on any atom is -0.344 e. The van der Waals surface area contributed by atoms with Crippen LogP contribution < -0.4 is 5.32 Å². The van der Waals surface area contributed by atoms with Gasteiger partial charge in [0.25, 0.3) is 5.91 Å². The number of nitrogens with one attached hydrogen (secondary N) is 1. The molecule has 0 saturated heterocycles. The largest absolute Gasteiger partial charge is 0.416 e. The first-order chi connectivity index (χ1) is 11.8. The molecule has 7 heteroatoms. The number of halogens is 3. The van der Waals surface area contributed by atoms with Gasteiger partial charge in [0.15, 0.2) is 0 Å². The van der Waals surface area contributed by atoms with E-state index in [1.807, 2.05) is 6.07 Å². The Morgan fingerprint density at radius 2 is 1.68 bits per heavy atom. The molecule has 3 rings (SSSR count). The summed E-state index contributed by atoms with van der Waals surface area (Å²) in [5, 5.41) is 2.71. The number of benzene rings is 2. The van der Waals surface area contributed by atoms with Crippen molar-refractivity contribution in [2.45, 2.75) is 19.1 Å². The highest BCUT2D eigenvalue weighted by atomic mass is 19.4. The van der Waals surface area contributed by atoms with Gasteiger partial charge in [-0.25, -0.2) is 4.98 Å². The molecule has 0 spiro atoms. The topological polar surface area (TPSA) is 54.9 Å². The van der Waals surface area contributed by atoms with Crippen molar-refractivity contribution in [2.75, 3.05) is 0 Å². The SMILES string of the molecule is CC(NC(=O)c1cnc2ccccc2n1)c1ccc(C(F)(F)F)cc1. The summed E-state index contributed by atoms with van der Waals surface area (Å²) in [7, 11) is 0. The van der Waals surface area contributed by atoms with E-state index in [9.17, 15) is 18.0 Å². The third kappa shape index (κ3) is 3.76. The number of aromatic nitrogens is 2. The highest BCUT2D eigenvalue weighted by Gasteiger charge is 2.30. The van der Waals surface area contributed by atoms with Crippen molar-refractivity contribution in [2.24, 2.45) is 0 Å². The third-order valence-electron chi connectivity index (χ3n) is 3.77. The fourth-order valence-electron chi connectivity index (χ4n) is 2.38. The summed E-state index contributed by atoms with van der Waals surface area (Å²) in [6.07, 6.45) is -3.01. The van der Waals surface area contributed by atoms with Crippen molar-refractivity contribution >= 4 is 16.9 Å². The average Bonchev–Trinajstić information content (AvgIpc) is 2.60. The van der Waals surface area contributed by atoms with E-state index in [0.717, 1.165) is 12.1 Å². The second kappa shape index (κ2) is 6.51. The molecule has 0 fully saturated rings. The average molecular weight is 345 g/mol. The summed E-state index contributed by atoms with van der Waals surface area (Å²) < 4.78 is 37.8. The Morgan fingerprint density at radius 3 is 2.32 bits per heavy atom. The lowest BCUT2D eigenvalue weighted by atomic mass is 10.1. The van der Waals surface area contributed by atoms with Gasteiger partial charge in [-0.15, -0.1) is 0 Å². The summed E-state index contributed by atoms with van der Waals surface area (Å²) in [5.41, 5.74) is 1.26. The molecule has 0 aliphatic carbocycles. The Kier molecular flexibility index (Phi) is 4.39. The Labute approximate surface area is 141 Å². The van der Waals surface area contributed by atoms with Crippen LogP contribution in [0.25, 0.3) is 11.0 Å². The van der Waals surface area contributed by atoms with E-state index in [4.69, 9.17) is 0 Å². The zero-order valence-corrected chi connectivity index (χ0v) is 13.2. The van der Waals surface area contributed by atoms with E-state index in [0.29, 0.717) is 16.6 Å². The van der Waals surface area contributed by atoms with E-state index in [1.165, 1.54) is 18.3 Å². The van der Waals surface area contributed by atoms with Crippen LogP contribution in [0.1, 0.15) is 34.6 Å². The fraction of sp³-hybridized carbons (Fsp3) is 0.167. The third-order valence-corrected chi connectivity index (χ3v) is 3.77. The lowest BCUT2D eigenvalue weighted by molar-refractivity contribution is -0.137. The smallest absolute Gasteiger partial charge is 0.344 e. The molecule has 1 heterocycles. The number of para-hydroxylation sites is 2. The normalized spacial score (nSPS) is 12.8. The van der Waals surface area contributed by atoms with Gasteiger partial charge in [0.2, 0.25) is 0 Å². The van der Waals surface area contributed by atoms with Gasteiger partial charge in [-0.3, -0.25) is 9.78 Å². The number of carbonyl (C=O) groups is 1. The number of hydrogen-bond acceptors (Lipinski definition) is 3. The Morgan fingerprint density at radius 1 is 1.04 bits per heavy atom. The molecule has 3 aromatic rings. The summed E-state index contributed by atoms with van der Waals surface area (Å²) in [6, 6.07) is 11.4.